The first-order valence-electron chi connectivity index (χ1n) is 18.3. The molecule has 0 bridgehead atoms. The molecule has 0 aliphatic rings. The number of benzene rings is 3. The highest BCUT2D eigenvalue weighted by atomic mass is 28.3. The minimum Gasteiger partial charge on any atom is -0.460 e. The van der Waals surface area contributed by atoms with E-state index in [-0.39, 0.29) is 0 Å². The quantitative estimate of drug-likeness (QED) is 0.124. The lowest BCUT2D eigenvalue weighted by Crippen LogP contribution is -2.47. The molecule has 0 unspecified atom stereocenters. The van der Waals surface area contributed by atoms with Crippen LogP contribution in [-0.2, 0) is 12.1 Å². The third-order valence-electron chi connectivity index (χ3n) is 12.5. The van der Waals surface area contributed by atoms with Gasteiger partial charge in [-0.15, -0.1) is 0 Å². The van der Waals surface area contributed by atoms with Crippen LogP contribution in [0.5, 0.6) is 0 Å². The van der Waals surface area contributed by atoms with E-state index in [1.807, 2.05) is 0 Å². The van der Waals surface area contributed by atoms with Crippen molar-refractivity contribution >= 4 is 38.1 Å². The van der Waals surface area contributed by atoms with Gasteiger partial charge < -0.3 is 8.83 Å². The molecule has 5 aromatic rings. The van der Waals surface area contributed by atoms with Gasteiger partial charge in [-0.05, 0) is 24.1 Å². The van der Waals surface area contributed by atoms with Gasteiger partial charge in [-0.25, -0.2) is 0 Å². The Morgan fingerprint density at radius 3 is 1.04 bits per heavy atom. The number of aryl methyl sites for hydroxylation is 1. The van der Waals surface area contributed by atoms with Gasteiger partial charge in [-0.1, -0.05) is 177 Å². The zero-order chi connectivity index (χ0) is 34.4. The van der Waals surface area contributed by atoms with Crippen LogP contribution in [-0.4, -0.2) is 16.1 Å². The predicted molar refractivity (Wildman–Crippen MR) is 211 cm³/mol. The molecule has 0 aliphatic carbocycles. The number of hydrogen-bond donors (Lipinski definition) is 0. The molecule has 2 heterocycles. The van der Waals surface area contributed by atoms with Crippen molar-refractivity contribution in [2.75, 3.05) is 0 Å². The largest absolute Gasteiger partial charge is 0.460 e. The minimum atomic E-state index is -1.80. The van der Waals surface area contributed by atoms with E-state index in [1.165, 1.54) is 33.0 Å². The van der Waals surface area contributed by atoms with Crippen LogP contribution in [0.2, 0.25) is 33.2 Å². The molecule has 0 amide bonds. The second-order valence-electron chi connectivity index (χ2n) is 16.3. The van der Waals surface area contributed by atoms with Crippen LogP contribution in [0.4, 0.5) is 0 Å². The predicted octanol–water partition coefficient (Wildman–Crippen LogP) is 14.3. The Morgan fingerprint density at radius 2 is 0.766 bits per heavy atom. The first-order chi connectivity index (χ1) is 22.2. The van der Waals surface area contributed by atoms with E-state index in [1.54, 1.807) is 0 Å². The van der Waals surface area contributed by atoms with Crippen molar-refractivity contribution in [1.82, 2.24) is 0 Å². The Hall–Kier alpha value is -2.83. The topological polar surface area (TPSA) is 26.3 Å². The Kier molecular flexibility index (Phi) is 10.3. The fraction of sp³-hybridized carbons (Fsp3) is 0.488. The average molecular weight is 665 g/mol. The Bertz CT molecular complexity index is 1630. The van der Waals surface area contributed by atoms with Crippen LogP contribution < -0.4 is 0 Å². The first-order valence-corrected chi connectivity index (χ1v) is 23.2. The highest BCUT2D eigenvalue weighted by molar-refractivity contribution is 6.83. The van der Waals surface area contributed by atoms with Crippen LogP contribution in [0.15, 0.2) is 75.6 Å². The summed E-state index contributed by atoms with van der Waals surface area (Å²) < 4.78 is 14.3. The fourth-order valence-corrected chi connectivity index (χ4v) is 22.0. The fourth-order valence-electron chi connectivity index (χ4n) is 9.94. The number of fused-ring (bicyclic) bond motifs is 2. The SMILES string of the molecule is Cc1c2oc(C[Si](C(C)C)(C(C)C)C(C)C)c(-c3ccccc3)c2cc2c(-c3ccccc3)c(C[Si](C(C)C)(C(C)C)C(C)C)oc12. The molecule has 0 saturated carbocycles. The smallest absolute Gasteiger partial charge is 0.141 e. The van der Waals surface area contributed by atoms with Crippen LogP contribution in [0, 0.1) is 6.92 Å². The highest BCUT2D eigenvalue weighted by Crippen LogP contribution is 2.51. The van der Waals surface area contributed by atoms with Gasteiger partial charge in [0.25, 0.3) is 0 Å². The van der Waals surface area contributed by atoms with Gasteiger partial charge in [0, 0.05) is 39.6 Å². The van der Waals surface area contributed by atoms with Crippen molar-refractivity contribution in [3.63, 3.8) is 0 Å². The molecule has 0 fully saturated rings. The Morgan fingerprint density at radius 1 is 0.468 bits per heavy atom. The monoisotopic (exact) mass is 664 g/mol. The van der Waals surface area contributed by atoms with Crippen molar-refractivity contribution in [2.24, 2.45) is 0 Å². The molecule has 4 heteroatoms. The second-order valence-corrected chi connectivity index (χ2v) is 28.4. The molecule has 0 N–H and O–H groups in total. The first kappa shape index (κ1) is 35.5. The van der Waals surface area contributed by atoms with Gasteiger partial charge >= 0.3 is 0 Å². The lowest BCUT2D eigenvalue weighted by atomic mass is 9.96. The summed E-state index contributed by atoms with van der Waals surface area (Å²) in [7, 11) is -3.60. The van der Waals surface area contributed by atoms with Gasteiger partial charge in [-0.2, -0.15) is 0 Å². The number of hydrogen-bond acceptors (Lipinski definition) is 2. The van der Waals surface area contributed by atoms with Crippen molar-refractivity contribution in [3.05, 3.63) is 83.8 Å². The summed E-state index contributed by atoms with van der Waals surface area (Å²) in [6, 6.07) is 26.5. The molecular formula is C43H60O2Si2. The van der Waals surface area contributed by atoms with E-state index in [0.29, 0.717) is 33.2 Å². The average Bonchev–Trinajstić information content (AvgIpc) is 3.56. The molecule has 252 valence electrons. The summed E-state index contributed by atoms with van der Waals surface area (Å²) in [5.41, 5.74) is 12.1. The molecule has 3 aromatic carbocycles. The molecule has 5 rings (SSSR count). The van der Waals surface area contributed by atoms with Crippen molar-refractivity contribution < 1.29 is 8.83 Å². The van der Waals surface area contributed by atoms with Crippen LogP contribution in [0.3, 0.4) is 0 Å². The van der Waals surface area contributed by atoms with Crippen molar-refractivity contribution in [1.29, 1.82) is 0 Å². The molecule has 47 heavy (non-hydrogen) atoms. The molecule has 2 nitrogen and oxygen atoms in total. The minimum absolute atomic E-state index is 0.649. The molecule has 0 aliphatic heterocycles. The lowest BCUT2D eigenvalue weighted by Gasteiger charge is -2.43. The summed E-state index contributed by atoms with van der Waals surface area (Å²) in [5.74, 6) is 2.33. The second kappa shape index (κ2) is 13.6. The van der Waals surface area contributed by atoms with Crippen molar-refractivity contribution in [3.8, 4) is 22.3 Å². The zero-order valence-electron chi connectivity index (χ0n) is 31.5. The maximum absolute atomic E-state index is 7.15. The molecule has 0 radical (unpaired) electrons. The van der Waals surface area contributed by atoms with E-state index >= 15 is 0 Å². The summed E-state index contributed by atoms with van der Waals surface area (Å²) in [6.07, 6.45) is 0. The number of furan rings is 2. The zero-order valence-corrected chi connectivity index (χ0v) is 33.5. The van der Waals surface area contributed by atoms with Crippen LogP contribution in [0.1, 0.15) is 100 Å². The third kappa shape index (κ3) is 5.92. The van der Waals surface area contributed by atoms with E-state index < -0.39 is 16.1 Å². The third-order valence-corrected chi connectivity index (χ3v) is 27.3. The maximum Gasteiger partial charge on any atom is 0.141 e. The molecule has 0 spiro atoms. The molecular weight excluding hydrogens is 605 g/mol. The Balaban J connectivity index is 1.87. The van der Waals surface area contributed by atoms with E-state index in [2.05, 4.69) is 157 Å². The van der Waals surface area contributed by atoms with Gasteiger partial charge in [0.2, 0.25) is 0 Å². The maximum atomic E-state index is 7.15. The normalized spacial score (nSPS) is 13.3. The lowest BCUT2D eigenvalue weighted by molar-refractivity contribution is 0.551. The Labute approximate surface area is 287 Å². The molecule has 2 aromatic heterocycles. The van der Waals surface area contributed by atoms with E-state index in [9.17, 15) is 0 Å². The van der Waals surface area contributed by atoms with Gasteiger partial charge in [0.15, 0.2) is 0 Å². The number of rotatable bonds is 12. The molecule has 0 saturated heterocycles. The van der Waals surface area contributed by atoms with Crippen LogP contribution in [0.25, 0.3) is 44.2 Å². The molecule has 0 atom stereocenters. The summed E-state index contributed by atoms with van der Waals surface area (Å²) in [4.78, 5) is 0. The standard InChI is InChI=1S/C43H60O2Si2/c1-27(2)46(28(3)4,29(5)6)25-38-40(34-20-16-14-17-21-34)36-24-37-41(35-22-18-15-19-23-35)39(45-43(37)33(13)42(36)44-38)26-47(30(7)8,31(9)10)32(11)12/h14-24,27-32H,25-26H2,1-13H3. The summed E-state index contributed by atoms with van der Waals surface area (Å²) >= 11 is 0. The van der Waals surface area contributed by atoms with Crippen LogP contribution >= 0.6 is 0 Å². The van der Waals surface area contributed by atoms with E-state index in [4.69, 9.17) is 8.83 Å². The summed E-state index contributed by atoms with van der Waals surface area (Å²) in [6.45, 7) is 31.7. The van der Waals surface area contributed by atoms with Gasteiger partial charge in [0.1, 0.15) is 22.7 Å². The highest BCUT2D eigenvalue weighted by Gasteiger charge is 2.46. The van der Waals surface area contributed by atoms with Gasteiger partial charge in [0.05, 0.1) is 16.1 Å². The summed E-state index contributed by atoms with van der Waals surface area (Å²) in [5, 5.41) is 2.44. The van der Waals surface area contributed by atoms with E-state index in [0.717, 1.165) is 40.3 Å². The van der Waals surface area contributed by atoms with Crippen molar-refractivity contribution in [2.45, 2.75) is 135 Å². The van der Waals surface area contributed by atoms with Gasteiger partial charge in [-0.3, -0.25) is 0 Å².